The third kappa shape index (κ3) is 8.07. The minimum absolute atomic E-state index is 0.0422. The maximum atomic E-state index is 13.9. The number of halogens is 2. The topological polar surface area (TPSA) is 102 Å². The quantitative estimate of drug-likeness (QED) is 0.297. The molecule has 6 nitrogen and oxygen atoms in total. The molecule has 0 radical (unpaired) electrons. The zero-order chi connectivity index (χ0) is 27.9. The Morgan fingerprint density at radius 2 is 1.69 bits per heavy atom. The first-order chi connectivity index (χ1) is 18.7. The predicted octanol–water partition coefficient (Wildman–Crippen LogP) is 3.64. The summed E-state index contributed by atoms with van der Waals surface area (Å²) < 4.78 is 27.8. The van der Waals surface area contributed by atoms with Crippen LogP contribution in [0.2, 0.25) is 0 Å². The first-order valence-electron chi connectivity index (χ1n) is 14.3. The van der Waals surface area contributed by atoms with Crippen LogP contribution in [0.25, 0.3) is 0 Å². The van der Waals surface area contributed by atoms with Gasteiger partial charge in [0.1, 0.15) is 11.6 Å². The van der Waals surface area contributed by atoms with E-state index in [0.29, 0.717) is 31.4 Å². The van der Waals surface area contributed by atoms with Gasteiger partial charge in [-0.3, -0.25) is 4.79 Å². The number of amides is 1. The van der Waals surface area contributed by atoms with Gasteiger partial charge in [-0.1, -0.05) is 44.0 Å². The summed E-state index contributed by atoms with van der Waals surface area (Å²) in [6.07, 6.45) is 3.04. The molecule has 1 amide bonds. The average molecular weight is 545 g/mol. The molecule has 39 heavy (non-hydrogen) atoms. The van der Waals surface area contributed by atoms with E-state index in [-0.39, 0.29) is 30.7 Å². The summed E-state index contributed by atoms with van der Waals surface area (Å²) in [5.74, 6) is -2.43. The van der Waals surface area contributed by atoms with Crippen LogP contribution in [0.1, 0.15) is 62.1 Å². The molecule has 0 aromatic heterocycles. The van der Waals surface area contributed by atoms with Gasteiger partial charge in [0.2, 0.25) is 5.91 Å². The molecule has 3 unspecified atom stereocenters. The monoisotopic (exact) mass is 544 g/mol. The van der Waals surface area contributed by atoms with Gasteiger partial charge in [-0.15, -0.1) is 0 Å². The molecule has 7 atom stereocenters. The number of nitrogens with one attached hydrogen (secondary N) is 2. The lowest BCUT2D eigenvalue weighted by molar-refractivity contribution is -0.129. The van der Waals surface area contributed by atoms with Crippen LogP contribution in [0.5, 0.6) is 0 Å². The largest absolute Gasteiger partial charge is 0.393 e. The number of hydrogen-bond donors (Lipinski definition) is 5. The van der Waals surface area contributed by atoms with Crippen LogP contribution in [-0.4, -0.2) is 52.1 Å². The number of carbonyl (C=O) groups excluding carboxylic acids is 1. The molecule has 2 aromatic carbocycles. The van der Waals surface area contributed by atoms with Gasteiger partial charge in [0.25, 0.3) is 0 Å². The molecule has 0 heterocycles. The second kappa shape index (κ2) is 13.8. The lowest BCUT2D eigenvalue weighted by Crippen LogP contribution is -2.51. The van der Waals surface area contributed by atoms with Crippen LogP contribution in [0.4, 0.5) is 8.78 Å². The summed E-state index contributed by atoms with van der Waals surface area (Å²) in [7, 11) is 0. The number of aliphatic hydroxyl groups is 3. The van der Waals surface area contributed by atoms with E-state index in [1.807, 2.05) is 12.1 Å². The SMILES string of the molecule is CCc1cccc(CNC[C@H](O)[C@@H](Cc2cc(F)cc(F)c2)NC(=O)C2CC(O)C[C@H]2C2CCCC[C@@H]2O)c1. The maximum Gasteiger partial charge on any atom is 0.223 e. The molecule has 2 fully saturated rings. The first-order valence-corrected chi connectivity index (χ1v) is 14.3. The molecule has 0 spiro atoms. The molecule has 214 valence electrons. The number of carbonyl (C=O) groups is 1. The highest BCUT2D eigenvalue weighted by Crippen LogP contribution is 2.43. The molecule has 2 aliphatic carbocycles. The molecule has 2 aromatic rings. The van der Waals surface area contributed by atoms with Gasteiger partial charge in [0.05, 0.1) is 24.4 Å². The van der Waals surface area contributed by atoms with Crippen LogP contribution in [0.15, 0.2) is 42.5 Å². The van der Waals surface area contributed by atoms with E-state index in [2.05, 4.69) is 29.7 Å². The maximum absolute atomic E-state index is 13.9. The van der Waals surface area contributed by atoms with Gasteiger partial charge in [-0.25, -0.2) is 8.78 Å². The lowest BCUT2D eigenvalue weighted by atomic mass is 9.73. The number of hydrogen-bond acceptors (Lipinski definition) is 5. The molecular weight excluding hydrogens is 502 g/mol. The van der Waals surface area contributed by atoms with Crippen LogP contribution in [0.3, 0.4) is 0 Å². The summed E-state index contributed by atoms with van der Waals surface area (Å²) in [6, 6.07) is 10.5. The Labute approximate surface area is 229 Å². The fourth-order valence-electron chi connectivity index (χ4n) is 6.48. The number of rotatable bonds is 11. The first kappa shape index (κ1) is 29.6. The highest BCUT2D eigenvalue weighted by atomic mass is 19.1. The Morgan fingerprint density at radius 1 is 0.974 bits per heavy atom. The van der Waals surface area contributed by atoms with Crippen molar-refractivity contribution in [3.05, 3.63) is 70.8 Å². The third-order valence-corrected chi connectivity index (χ3v) is 8.51. The zero-order valence-electron chi connectivity index (χ0n) is 22.7. The Kier molecular flexibility index (Phi) is 10.5. The molecule has 5 N–H and O–H groups in total. The van der Waals surface area contributed by atoms with Crippen LogP contribution in [0, 0.1) is 29.4 Å². The number of aliphatic hydroxyl groups excluding tert-OH is 3. The summed E-state index contributed by atoms with van der Waals surface area (Å²) >= 11 is 0. The summed E-state index contributed by atoms with van der Waals surface area (Å²) in [4.78, 5) is 13.6. The van der Waals surface area contributed by atoms with Crippen molar-refractivity contribution in [2.45, 2.75) is 89.2 Å². The van der Waals surface area contributed by atoms with Gasteiger partial charge >= 0.3 is 0 Å². The molecule has 8 heteroatoms. The lowest BCUT2D eigenvalue weighted by Gasteiger charge is -2.35. The van der Waals surface area contributed by atoms with E-state index in [1.165, 1.54) is 17.7 Å². The Bertz CT molecular complexity index is 1080. The molecular formula is C31H42F2N2O4. The smallest absolute Gasteiger partial charge is 0.223 e. The van der Waals surface area contributed by atoms with Crippen LogP contribution < -0.4 is 10.6 Å². The van der Waals surface area contributed by atoms with E-state index in [4.69, 9.17) is 0 Å². The zero-order valence-corrected chi connectivity index (χ0v) is 22.7. The standard InChI is InChI=1S/C31H42F2N2O4/c1-2-19-6-5-7-20(10-19)17-34-18-30(38)28(13-21-11-22(32)14-23(33)12-21)35-31(39)27-16-24(36)15-26(27)25-8-3-4-9-29(25)37/h5-7,10-12,14,24-30,34,36-38H,2-4,8-9,13,15-18H2,1H3,(H,35,39)/t24?,25?,26-,27?,28+,29-,30-/m0/s1. The van der Waals surface area contributed by atoms with Gasteiger partial charge in [-0.2, -0.15) is 0 Å². The van der Waals surface area contributed by atoms with E-state index in [9.17, 15) is 28.9 Å². The third-order valence-electron chi connectivity index (χ3n) is 8.51. The second-order valence-electron chi connectivity index (χ2n) is 11.4. The van der Waals surface area contributed by atoms with Crippen molar-refractivity contribution in [1.82, 2.24) is 10.6 Å². The minimum atomic E-state index is -1.03. The minimum Gasteiger partial charge on any atom is -0.393 e. The highest BCUT2D eigenvalue weighted by molar-refractivity contribution is 5.80. The van der Waals surface area contributed by atoms with E-state index in [1.54, 1.807) is 0 Å². The molecule has 0 aliphatic heterocycles. The van der Waals surface area contributed by atoms with Crippen LogP contribution in [-0.2, 0) is 24.2 Å². The fourth-order valence-corrected chi connectivity index (χ4v) is 6.48. The average Bonchev–Trinajstić information content (AvgIpc) is 3.29. The van der Waals surface area contributed by atoms with Crippen molar-refractivity contribution in [3.8, 4) is 0 Å². The fraction of sp³-hybridized carbons (Fsp3) is 0.581. The van der Waals surface area contributed by atoms with Gasteiger partial charge < -0.3 is 26.0 Å². The number of benzene rings is 2. The van der Waals surface area contributed by atoms with Crippen molar-refractivity contribution in [3.63, 3.8) is 0 Å². The van der Waals surface area contributed by atoms with Gasteiger partial charge in [-0.05, 0) is 79.2 Å². The van der Waals surface area contributed by atoms with Crippen molar-refractivity contribution in [2.75, 3.05) is 6.54 Å². The molecule has 4 rings (SSSR count). The van der Waals surface area contributed by atoms with Crippen molar-refractivity contribution in [2.24, 2.45) is 17.8 Å². The van der Waals surface area contributed by atoms with Crippen molar-refractivity contribution < 1.29 is 28.9 Å². The Hall–Kier alpha value is -2.39. The number of aryl methyl sites for hydroxylation is 1. The molecule has 2 aliphatic rings. The normalized spacial score (nSPS) is 26.8. The summed E-state index contributed by atoms with van der Waals surface area (Å²) in [5, 5.41) is 38.4. The Balaban J connectivity index is 1.46. The second-order valence-corrected chi connectivity index (χ2v) is 11.4. The predicted molar refractivity (Wildman–Crippen MR) is 146 cm³/mol. The van der Waals surface area contributed by atoms with Gasteiger partial charge in [0, 0.05) is 25.1 Å². The summed E-state index contributed by atoms with van der Waals surface area (Å²) in [5.41, 5.74) is 2.62. The summed E-state index contributed by atoms with van der Waals surface area (Å²) in [6.45, 7) is 2.77. The molecule has 2 saturated carbocycles. The highest BCUT2D eigenvalue weighted by Gasteiger charge is 2.45. The Morgan fingerprint density at radius 3 is 2.41 bits per heavy atom. The van der Waals surface area contributed by atoms with Crippen molar-refractivity contribution >= 4 is 5.91 Å². The van der Waals surface area contributed by atoms with E-state index in [0.717, 1.165) is 37.3 Å². The molecule has 0 saturated heterocycles. The van der Waals surface area contributed by atoms with Crippen LogP contribution >= 0.6 is 0 Å². The van der Waals surface area contributed by atoms with Crippen molar-refractivity contribution in [1.29, 1.82) is 0 Å². The van der Waals surface area contributed by atoms with E-state index >= 15 is 0 Å². The van der Waals surface area contributed by atoms with Gasteiger partial charge in [0.15, 0.2) is 0 Å². The molecule has 0 bridgehead atoms. The van der Waals surface area contributed by atoms with E-state index < -0.39 is 41.9 Å².